The van der Waals surface area contributed by atoms with Crippen LogP contribution < -0.4 is 4.90 Å². The molecule has 1 aliphatic rings. The van der Waals surface area contributed by atoms with Crippen molar-refractivity contribution in [3.05, 3.63) is 105 Å². The van der Waals surface area contributed by atoms with Crippen LogP contribution in [-0.4, -0.2) is 32.9 Å². The first kappa shape index (κ1) is 22.5. The largest absolute Gasteiger partial charge is 0.452 e. The van der Waals surface area contributed by atoms with Gasteiger partial charge in [-0.2, -0.15) is 0 Å². The number of rotatable bonds is 6. The minimum absolute atomic E-state index is 0.0111. The van der Waals surface area contributed by atoms with E-state index < -0.39 is 28.5 Å². The summed E-state index contributed by atoms with van der Waals surface area (Å²) in [6.45, 7) is -0.371. The maximum absolute atomic E-state index is 13.2. The standard InChI is InChI=1S/C24H13FN4O7/c25-15-4-8-16(9-5-15)28-22(30)18-10-3-14(11-19(18)23(28)31)24(32)35-12-20-26-27-21(36-20)13-1-6-17(7-2-13)29(33)34/h1-11H,12H2. The van der Waals surface area contributed by atoms with Crippen LogP contribution in [0.5, 0.6) is 0 Å². The molecule has 2 heterocycles. The molecule has 1 aromatic heterocycles. The van der Waals surface area contributed by atoms with E-state index in [-0.39, 0.29) is 46.5 Å². The van der Waals surface area contributed by atoms with Gasteiger partial charge in [-0.15, -0.1) is 10.2 Å². The normalized spacial score (nSPS) is 12.5. The molecule has 0 saturated carbocycles. The van der Waals surface area contributed by atoms with Crippen molar-refractivity contribution in [1.82, 2.24) is 10.2 Å². The SMILES string of the molecule is O=C(OCc1nnc(-c2ccc([N+](=O)[O-])cc2)o1)c1ccc2c(c1)C(=O)N(c1ccc(F)cc1)C2=O. The number of ether oxygens (including phenoxy) is 1. The zero-order valence-corrected chi connectivity index (χ0v) is 18.1. The van der Waals surface area contributed by atoms with Crippen molar-refractivity contribution in [2.45, 2.75) is 6.61 Å². The van der Waals surface area contributed by atoms with Gasteiger partial charge in [0.05, 0.1) is 27.3 Å². The minimum Gasteiger partial charge on any atom is -0.452 e. The van der Waals surface area contributed by atoms with E-state index in [0.717, 1.165) is 17.0 Å². The molecule has 0 bridgehead atoms. The van der Waals surface area contributed by atoms with E-state index in [0.29, 0.717) is 5.56 Å². The third-order valence-electron chi connectivity index (χ3n) is 5.33. The summed E-state index contributed by atoms with van der Waals surface area (Å²) in [5.74, 6) is -2.49. The first-order valence-electron chi connectivity index (χ1n) is 10.3. The Labute approximate surface area is 200 Å². The molecule has 0 N–H and O–H groups in total. The lowest BCUT2D eigenvalue weighted by molar-refractivity contribution is -0.384. The first-order chi connectivity index (χ1) is 17.3. The maximum Gasteiger partial charge on any atom is 0.338 e. The van der Waals surface area contributed by atoms with Crippen molar-refractivity contribution in [1.29, 1.82) is 0 Å². The predicted octanol–water partition coefficient (Wildman–Crippen LogP) is 3.94. The van der Waals surface area contributed by atoms with Crippen LogP contribution in [0, 0.1) is 15.9 Å². The van der Waals surface area contributed by atoms with E-state index in [9.17, 15) is 28.9 Å². The lowest BCUT2D eigenvalue weighted by atomic mass is 10.1. The van der Waals surface area contributed by atoms with E-state index in [1.165, 1.54) is 54.6 Å². The second-order valence-corrected chi connectivity index (χ2v) is 7.56. The Kier molecular flexibility index (Phi) is 5.53. The fourth-order valence-corrected chi connectivity index (χ4v) is 3.56. The van der Waals surface area contributed by atoms with Gasteiger partial charge in [-0.3, -0.25) is 19.7 Å². The van der Waals surface area contributed by atoms with Crippen LogP contribution in [0.1, 0.15) is 37.0 Å². The molecule has 36 heavy (non-hydrogen) atoms. The van der Waals surface area contributed by atoms with Gasteiger partial charge in [0.15, 0.2) is 6.61 Å². The van der Waals surface area contributed by atoms with Crippen LogP contribution >= 0.6 is 0 Å². The second-order valence-electron chi connectivity index (χ2n) is 7.56. The maximum atomic E-state index is 13.2. The van der Waals surface area contributed by atoms with Crippen LogP contribution in [0.2, 0.25) is 0 Å². The minimum atomic E-state index is -0.798. The number of nitro benzene ring substituents is 1. The number of esters is 1. The summed E-state index contributed by atoms with van der Waals surface area (Å²) in [6, 6.07) is 14.3. The van der Waals surface area contributed by atoms with E-state index in [2.05, 4.69) is 10.2 Å². The number of hydrogen-bond donors (Lipinski definition) is 0. The second kappa shape index (κ2) is 8.83. The molecular weight excluding hydrogens is 475 g/mol. The summed E-state index contributed by atoms with van der Waals surface area (Å²) < 4.78 is 23.8. The molecule has 0 atom stereocenters. The molecule has 0 spiro atoms. The summed E-state index contributed by atoms with van der Waals surface area (Å²) in [4.78, 5) is 49.2. The lowest BCUT2D eigenvalue weighted by Crippen LogP contribution is -2.29. The molecule has 0 radical (unpaired) electrons. The molecule has 2 amide bonds. The Balaban J connectivity index is 1.28. The van der Waals surface area contributed by atoms with Gasteiger partial charge in [-0.05, 0) is 54.6 Å². The smallest absolute Gasteiger partial charge is 0.338 e. The van der Waals surface area contributed by atoms with Crippen molar-refractivity contribution in [2.24, 2.45) is 0 Å². The number of amides is 2. The summed E-state index contributed by atoms with van der Waals surface area (Å²) in [6.07, 6.45) is 0. The molecule has 5 rings (SSSR count). The number of nitro groups is 1. The molecule has 12 heteroatoms. The van der Waals surface area contributed by atoms with Crippen molar-refractivity contribution >= 4 is 29.2 Å². The Morgan fingerprint density at radius 2 is 1.67 bits per heavy atom. The molecular formula is C24H13FN4O7. The number of imide groups is 1. The average molecular weight is 488 g/mol. The highest BCUT2D eigenvalue weighted by Crippen LogP contribution is 2.29. The molecule has 178 valence electrons. The monoisotopic (exact) mass is 488 g/mol. The number of aromatic nitrogens is 2. The Hall–Kier alpha value is -5.26. The highest BCUT2D eigenvalue weighted by atomic mass is 19.1. The topological polar surface area (TPSA) is 146 Å². The number of halogens is 1. The van der Waals surface area contributed by atoms with Crippen LogP contribution in [0.3, 0.4) is 0 Å². The molecule has 0 aliphatic carbocycles. The summed E-state index contributed by atoms with van der Waals surface area (Å²) in [7, 11) is 0. The van der Waals surface area contributed by atoms with Crippen LogP contribution in [0.4, 0.5) is 15.8 Å². The van der Waals surface area contributed by atoms with E-state index in [1.54, 1.807) is 0 Å². The molecule has 0 fully saturated rings. The Bertz CT molecular complexity index is 1530. The number of benzene rings is 3. The van der Waals surface area contributed by atoms with Gasteiger partial charge >= 0.3 is 5.97 Å². The zero-order valence-electron chi connectivity index (χ0n) is 18.1. The third kappa shape index (κ3) is 4.07. The molecule has 1 aliphatic heterocycles. The fraction of sp³-hybridized carbons (Fsp3) is 0.0417. The number of hydrogen-bond acceptors (Lipinski definition) is 9. The fourth-order valence-electron chi connectivity index (χ4n) is 3.56. The van der Waals surface area contributed by atoms with Crippen LogP contribution in [0.15, 0.2) is 71.1 Å². The number of fused-ring (bicyclic) bond motifs is 1. The summed E-state index contributed by atoms with van der Waals surface area (Å²) in [5, 5.41) is 18.4. The van der Waals surface area contributed by atoms with Gasteiger partial charge in [0.25, 0.3) is 23.4 Å². The van der Waals surface area contributed by atoms with Gasteiger partial charge in [-0.25, -0.2) is 14.1 Å². The zero-order chi connectivity index (χ0) is 25.4. The van der Waals surface area contributed by atoms with Gasteiger partial charge in [0.2, 0.25) is 5.89 Å². The number of anilines is 1. The van der Waals surface area contributed by atoms with Crippen molar-refractivity contribution in [3.63, 3.8) is 0 Å². The van der Waals surface area contributed by atoms with Crippen molar-refractivity contribution in [2.75, 3.05) is 4.90 Å². The van der Waals surface area contributed by atoms with Crippen LogP contribution in [-0.2, 0) is 11.3 Å². The van der Waals surface area contributed by atoms with Gasteiger partial charge < -0.3 is 9.15 Å². The van der Waals surface area contributed by atoms with Crippen LogP contribution in [0.25, 0.3) is 11.5 Å². The van der Waals surface area contributed by atoms with Gasteiger partial charge in [0, 0.05) is 17.7 Å². The predicted molar refractivity (Wildman–Crippen MR) is 119 cm³/mol. The molecule has 4 aromatic rings. The van der Waals surface area contributed by atoms with Crippen molar-refractivity contribution < 1.29 is 32.9 Å². The molecule has 0 saturated heterocycles. The Morgan fingerprint density at radius 1 is 0.972 bits per heavy atom. The molecule has 3 aromatic carbocycles. The third-order valence-corrected chi connectivity index (χ3v) is 5.33. The van der Waals surface area contributed by atoms with E-state index in [4.69, 9.17) is 9.15 Å². The highest BCUT2D eigenvalue weighted by Gasteiger charge is 2.37. The lowest BCUT2D eigenvalue weighted by Gasteiger charge is -2.13. The first-order valence-corrected chi connectivity index (χ1v) is 10.3. The van der Waals surface area contributed by atoms with E-state index >= 15 is 0 Å². The van der Waals surface area contributed by atoms with Gasteiger partial charge in [-0.1, -0.05) is 0 Å². The van der Waals surface area contributed by atoms with E-state index in [1.807, 2.05) is 0 Å². The molecule has 11 nitrogen and oxygen atoms in total. The van der Waals surface area contributed by atoms with Gasteiger partial charge in [0.1, 0.15) is 5.82 Å². The highest BCUT2D eigenvalue weighted by molar-refractivity contribution is 6.34. The van der Waals surface area contributed by atoms with Crippen molar-refractivity contribution in [3.8, 4) is 11.5 Å². The summed E-state index contributed by atoms with van der Waals surface area (Å²) >= 11 is 0. The Morgan fingerprint density at radius 3 is 2.36 bits per heavy atom. The quantitative estimate of drug-likeness (QED) is 0.170. The number of carbonyl (C=O) groups is 3. The number of carbonyl (C=O) groups excluding carboxylic acids is 3. The summed E-state index contributed by atoms with van der Waals surface area (Å²) in [5.41, 5.74) is 0.682. The average Bonchev–Trinajstić information content (AvgIpc) is 3.46. The number of non-ortho nitro benzene ring substituents is 1. The number of nitrogens with zero attached hydrogens (tertiary/aromatic N) is 4. The molecule has 0 unspecified atom stereocenters.